The van der Waals surface area contributed by atoms with Crippen LogP contribution in [0, 0.1) is 0 Å². The summed E-state index contributed by atoms with van der Waals surface area (Å²) in [6, 6.07) is 11.6. The molecular formula is C18H12ClNO3. The number of benzene rings is 2. The van der Waals surface area contributed by atoms with Crippen LogP contribution >= 0.6 is 11.6 Å². The van der Waals surface area contributed by atoms with Crippen LogP contribution < -0.4 is 0 Å². The maximum Gasteiger partial charge on any atom is 0.335 e. The molecule has 0 aliphatic rings. The van der Waals surface area contributed by atoms with E-state index in [1.807, 2.05) is 0 Å². The first kappa shape index (κ1) is 15.1. The lowest BCUT2D eigenvalue weighted by Gasteiger charge is -1.97. The quantitative estimate of drug-likeness (QED) is 0.551. The van der Waals surface area contributed by atoms with Gasteiger partial charge in [0.25, 0.3) is 0 Å². The highest BCUT2D eigenvalue weighted by atomic mass is 35.5. The lowest BCUT2D eigenvalue weighted by Crippen LogP contribution is -1.95. The largest absolute Gasteiger partial charge is 0.478 e. The summed E-state index contributed by atoms with van der Waals surface area (Å²) in [4.78, 5) is 26.1. The first-order valence-corrected chi connectivity index (χ1v) is 7.25. The van der Waals surface area contributed by atoms with Crippen molar-refractivity contribution >= 4 is 40.3 Å². The summed E-state index contributed by atoms with van der Waals surface area (Å²) in [5.41, 5.74) is 2.34. The van der Waals surface area contributed by atoms with Gasteiger partial charge in [-0.3, -0.25) is 4.79 Å². The summed E-state index contributed by atoms with van der Waals surface area (Å²) in [5, 5.41) is 10.3. The van der Waals surface area contributed by atoms with Crippen molar-refractivity contribution in [3.8, 4) is 0 Å². The smallest absolute Gasteiger partial charge is 0.335 e. The average molecular weight is 326 g/mol. The van der Waals surface area contributed by atoms with Gasteiger partial charge in [-0.25, -0.2) is 4.79 Å². The van der Waals surface area contributed by atoms with E-state index in [4.69, 9.17) is 16.7 Å². The van der Waals surface area contributed by atoms with Crippen LogP contribution in [0.3, 0.4) is 0 Å². The number of aromatic nitrogens is 1. The van der Waals surface area contributed by atoms with E-state index < -0.39 is 5.97 Å². The molecule has 0 bridgehead atoms. The number of hydrogen-bond acceptors (Lipinski definition) is 2. The van der Waals surface area contributed by atoms with Gasteiger partial charge >= 0.3 is 5.97 Å². The van der Waals surface area contributed by atoms with Gasteiger partial charge in [-0.05, 0) is 35.9 Å². The maximum atomic E-state index is 12.3. The third kappa shape index (κ3) is 3.17. The first-order valence-electron chi connectivity index (χ1n) is 6.87. The molecule has 0 saturated carbocycles. The molecule has 5 heteroatoms. The van der Waals surface area contributed by atoms with Crippen LogP contribution in [0.25, 0.3) is 17.0 Å². The minimum absolute atomic E-state index is 0.138. The van der Waals surface area contributed by atoms with Crippen LogP contribution in [0.1, 0.15) is 26.3 Å². The highest BCUT2D eigenvalue weighted by Gasteiger charge is 2.09. The molecule has 0 unspecified atom stereocenters. The zero-order valence-electron chi connectivity index (χ0n) is 11.9. The first-order chi connectivity index (χ1) is 11.0. The van der Waals surface area contributed by atoms with Crippen molar-refractivity contribution in [2.45, 2.75) is 0 Å². The molecule has 0 saturated heterocycles. The van der Waals surface area contributed by atoms with E-state index in [0.29, 0.717) is 10.6 Å². The molecule has 0 fully saturated rings. The molecule has 23 heavy (non-hydrogen) atoms. The molecule has 1 aromatic heterocycles. The molecule has 2 aromatic carbocycles. The molecule has 0 spiro atoms. The van der Waals surface area contributed by atoms with Gasteiger partial charge in [0.2, 0.25) is 0 Å². The van der Waals surface area contributed by atoms with Gasteiger partial charge in [-0.1, -0.05) is 35.9 Å². The number of fused-ring (bicyclic) bond motifs is 1. The Morgan fingerprint density at radius 1 is 1.09 bits per heavy atom. The van der Waals surface area contributed by atoms with Crippen molar-refractivity contribution in [2.24, 2.45) is 0 Å². The van der Waals surface area contributed by atoms with Gasteiger partial charge < -0.3 is 10.1 Å². The van der Waals surface area contributed by atoms with Crippen molar-refractivity contribution < 1.29 is 14.7 Å². The summed E-state index contributed by atoms with van der Waals surface area (Å²) < 4.78 is 0. The molecule has 1 heterocycles. The highest BCUT2D eigenvalue weighted by molar-refractivity contribution is 6.31. The van der Waals surface area contributed by atoms with Gasteiger partial charge in [0.15, 0.2) is 5.78 Å². The van der Waals surface area contributed by atoms with Crippen molar-refractivity contribution in [1.82, 2.24) is 4.98 Å². The summed E-state index contributed by atoms with van der Waals surface area (Å²) in [6.45, 7) is 0. The molecule has 3 rings (SSSR count). The van der Waals surface area contributed by atoms with Gasteiger partial charge in [-0.2, -0.15) is 0 Å². The Bertz CT molecular complexity index is 923. The second-order valence-electron chi connectivity index (χ2n) is 5.02. The topological polar surface area (TPSA) is 70.2 Å². The number of carbonyl (C=O) groups excluding carboxylic acids is 1. The standard InChI is InChI=1S/C18H12ClNO3/c19-13-6-7-14-15(10-20-16(14)9-13)17(21)8-3-11-1-4-12(5-2-11)18(22)23/h1-10,20H,(H,22,23). The molecule has 4 nitrogen and oxygen atoms in total. The molecular weight excluding hydrogens is 314 g/mol. The number of allylic oxidation sites excluding steroid dienone is 1. The number of hydrogen-bond donors (Lipinski definition) is 2. The Morgan fingerprint density at radius 2 is 1.83 bits per heavy atom. The van der Waals surface area contributed by atoms with Crippen molar-refractivity contribution in [3.05, 3.63) is 76.5 Å². The Hall–Kier alpha value is -2.85. The summed E-state index contributed by atoms with van der Waals surface area (Å²) >= 11 is 5.92. The summed E-state index contributed by atoms with van der Waals surface area (Å²) in [5.74, 6) is -1.12. The molecule has 2 N–H and O–H groups in total. The Labute approximate surface area is 137 Å². The molecule has 0 aliphatic carbocycles. The van der Waals surface area contributed by atoms with Crippen LogP contribution in [0.15, 0.2) is 54.7 Å². The molecule has 0 atom stereocenters. The average Bonchev–Trinajstić information content (AvgIpc) is 2.96. The number of H-pyrrole nitrogens is 1. The fourth-order valence-electron chi connectivity index (χ4n) is 2.30. The third-order valence-electron chi connectivity index (χ3n) is 3.49. The normalized spacial score (nSPS) is 11.2. The van der Waals surface area contributed by atoms with Crippen molar-refractivity contribution in [3.63, 3.8) is 0 Å². The Kier molecular flexibility index (Phi) is 4.00. The summed E-state index contributed by atoms with van der Waals surface area (Å²) in [7, 11) is 0. The van der Waals surface area contributed by atoms with Gasteiger partial charge in [0, 0.05) is 27.7 Å². The highest BCUT2D eigenvalue weighted by Crippen LogP contribution is 2.22. The van der Waals surface area contributed by atoms with E-state index in [2.05, 4.69) is 4.98 Å². The van der Waals surface area contributed by atoms with E-state index in [1.165, 1.54) is 18.2 Å². The number of carboxylic acid groups (broad SMARTS) is 1. The minimum Gasteiger partial charge on any atom is -0.478 e. The maximum absolute atomic E-state index is 12.3. The van der Waals surface area contributed by atoms with Crippen LogP contribution in [-0.4, -0.2) is 21.8 Å². The SMILES string of the molecule is O=C(O)c1ccc(C=CC(=O)c2c[nH]c3cc(Cl)ccc23)cc1. The van der Waals surface area contributed by atoms with Crippen LogP contribution in [0.4, 0.5) is 0 Å². The number of rotatable bonds is 4. The van der Waals surface area contributed by atoms with E-state index in [-0.39, 0.29) is 11.3 Å². The zero-order chi connectivity index (χ0) is 16.4. The molecule has 3 aromatic rings. The number of carboxylic acids is 1. The van der Waals surface area contributed by atoms with E-state index >= 15 is 0 Å². The lowest BCUT2D eigenvalue weighted by molar-refractivity contribution is 0.0696. The molecule has 0 radical (unpaired) electrons. The van der Waals surface area contributed by atoms with E-state index in [1.54, 1.807) is 42.6 Å². The van der Waals surface area contributed by atoms with Crippen LogP contribution in [0.2, 0.25) is 5.02 Å². The third-order valence-corrected chi connectivity index (χ3v) is 3.73. The second kappa shape index (κ2) is 6.10. The number of ketones is 1. The van der Waals surface area contributed by atoms with Gasteiger partial charge in [0.05, 0.1) is 5.56 Å². The fourth-order valence-corrected chi connectivity index (χ4v) is 2.47. The van der Waals surface area contributed by atoms with Crippen LogP contribution in [-0.2, 0) is 0 Å². The number of aromatic carboxylic acids is 1. The number of halogens is 1. The van der Waals surface area contributed by atoms with Crippen LogP contribution in [0.5, 0.6) is 0 Å². The fraction of sp³-hybridized carbons (Fsp3) is 0. The molecule has 0 amide bonds. The van der Waals surface area contributed by atoms with Crippen molar-refractivity contribution in [1.29, 1.82) is 0 Å². The van der Waals surface area contributed by atoms with Gasteiger partial charge in [0.1, 0.15) is 0 Å². The van der Waals surface area contributed by atoms with E-state index in [0.717, 1.165) is 16.5 Å². The predicted octanol–water partition coefficient (Wildman–Crippen LogP) is 4.42. The van der Waals surface area contributed by atoms with Crippen molar-refractivity contribution in [2.75, 3.05) is 0 Å². The second-order valence-corrected chi connectivity index (χ2v) is 5.45. The monoisotopic (exact) mass is 325 g/mol. The molecule has 114 valence electrons. The lowest BCUT2D eigenvalue weighted by atomic mass is 10.1. The number of aromatic amines is 1. The zero-order valence-corrected chi connectivity index (χ0v) is 12.7. The van der Waals surface area contributed by atoms with Gasteiger partial charge in [-0.15, -0.1) is 0 Å². The number of nitrogens with one attached hydrogen (secondary N) is 1. The van der Waals surface area contributed by atoms with E-state index in [9.17, 15) is 9.59 Å². The predicted molar refractivity (Wildman–Crippen MR) is 90.1 cm³/mol. The minimum atomic E-state index is -0.978. The Balaban J connectivity index is 1.83. The number of carbonyl (C=O) groups is 2. The Morgan fingerprint density at radius 3 is 2.52 bits per heavy atom. The molecule has 0 aliphatic heterocycles. The summed E-state index contributed by atoms with van der Waals surface area (Å²) in [6.07, 6.45) is 4.77.